The highest BCUT2D eigenvalue weighted by Crippen LogP contribution is 2.23. The third-order valence-corrected chi connectivity index (χ3v) is 3.54. The number of aromatic amines is 1. The van der Waals surface area contributed by atoms with Crippen LogP contribution in [0.1, 0.15) is 29.4 Å². The van der Waals surface area contributed by atoms with Gasteiger partial charge in [0.15, 0.2) is 0 Å². The molecule has 5 nitrogen and oxygen atoms in total. The van der Waals surface area contributed by atoms with Gasteiger partial charge in [0.2, 0.25) is 5.91 Å². The number of nitrogens with one attached hydrogen (secondary N) is 1. The van der Waals surface area contributed by atoms with Gasteiger partial charge in [0, 0.05) is 19.3 Å². The van der Waals surface area contributed by atoms with Crippen molar-refractivity contribution in [2.75, 3.05) is 13.7 Å². The third kappa shape index (κ3) is 3.92. The number of aliphatic hydroxyl groups is 1. The zero-order chi connectivity index (χ0) is 15.2. The van der Waals surface area contributed by atoms with E-state index in [2.05, 4.69) is 10.2 Å². The molecule has 0 spiro atoms. The highest BCUT2D eigenvalue weighted by atomic mass is 16.3. The summed E-state index contributed by atoms with van der Waals surface area (Å²) in [5, 5.41) is 16.2. The summed E-state index contributed by atoms with van der Waals surface area (Å²) in [7, 11) is 1.77. The van der Waals surface area contributed by atoms with Gasteiger partial charge in [-0.1, -0.05) is 30.3 Å². The molecule has 0 fully saturated rings. The molecule has 0 saturated carbocycles. The molecule has 1 atom stereocenters. The number of aliphatic hydroxyl groups excluding tert-OH is 1. The minimum absolute atomic E-state index is 0.0104. The summed E-state index contributed by atoms with van der Waals surface area (Å²) in [4.78, 5) is 14.1. The molecule has 0 aliphatic heterocycles. The van der Waals surface area contributed by atoms with Crippen LogP contribution in [0.15, 0.2) is 36.4 Å². The summed E-state index contributed by atoms with van der Waals surface area (Å²) in [5.74, 6) is -0.0104. The van der Waals surface area contributed by atoms with Crippen molar-refractivity contribution in [3.8, 4) is 0 Å². The number of benzene rings is 1. The minimum Gasteiger partial charge on any atom is -0.396 e. The number of hydrogen-bond acceptors (Lipinski definition) is 3. The van der Waals surface area contributed by atoms with E-state index < -0.39 is 0 Å². The van der Waals surface area contributed by atoms with Gasteiger partial charge in [-0.2, -0.15) is 5.10 Å². The fourth-order valence-corrected chi connectivity index (χ4v) is 2.40. The maximum absolute atomic E-state index is 12.4. The molecule has 112 valence electrons. The highest BCUT2D eigenvalue weighted by Gasteiger charge is 2.21. The maximum atomic E-state index is 12.4. The minimum atomic E-state index is -0.122. The monoisotopic (exact) mass is 287 g/mol. The zero-order valence-electron chi connectivity index (χ0n) is 12.4. The molecule has 5 heteroatoms. The molecular weight excluding hydrogens is 266 g/mol. The average Bonchev–Trinajstić information content (AvgIpc) is 2.90. The van der Waals surface area contributed by atoms with Crippen LogP contribution in [0, 0.1) is 6.92 Å². The van der Waals surface area contributed by atoms with Crippen molar-refractivity contribution in [2.45, 2.75) is 25.8 Å². The Labute approximate surface area is 124 Å². The van der Waals surface area contributed by atoms with Gasteiger partial charge < -0.3 is 10.0 Å². The van der Waals surface area contributed by atoms with Crippen molar-refractivity contribution < 1.29 is 9.90 Å². The van der Waals surface area contributed by atoms with Gasteiger partial charge in [-0.15, -0.1) is 0 Å². The van der Waals surface area contributed by atoms with Crippen molar-refractivity contribution in [1.82, 2.24) is 15.1 Å². The smallest absolute Gasteiger partial charge is 0.228 e. The lowest BCUT2D eigenvalue weighted by molar-refractivity contribution is -0.131. The number of aryl methyl sites for hydroxylation is 1. The van der Waals surface area contributed by atoms with Gasteiger partial charge in [0.05, 0.1) is 18.2 Å². The normalized spacial score (nSPS) is 12.1. The number of carbonyl (C=O) groups is 1. The quantitative estimate of drug-likeness (QED) is 0.852. The number of H-pyrrole nitrogens is 1. The predicted molar refractivity (Wildman–Crippen MR) is 80.7 cm³/mol. The molecule has 0 aliphatic carbocycles. The lowest BCUT2D eigenvalue weighted by Crippen LogP contribution is -2.33. The Morgan fingerprint density at radius 2 is 2.10 bits per heavy atom. The van der Waals surface area contributed by atoms with Gasteiger partial charge in [-0.25, -0.2) is 0 Å². The molecule has 21 heavy (non-hydrogen) atoms. The molecular formula is C16H21N3O2. The van der Waals surface area contributed by atoms with Crippen LogP contribution in [0.2, 0.25) is 0 Å². The Bertz CT molecular complexity index is 580. The molecule has 0 bridgehead atoms. The summed E-state index contributed by atoms with van der Waals surface area (Å²) < 4.78 is 0. The van der Waals surface area contributed by atoms with E-state index in [1.165, 1.54) is 0 Å². The van der Waals surface area contributed by atoms with Gasteiger partial charge in [-0.05, 0) is 25.0 Å². The van der Waals surface area contributed by atoms with Crippen LogP contribution in [-0.4, -0.2) is 39.8 Å². The summed E-state index contributed by atoms with van der Waals surface area (Å²) >= 11 is 0. The summed E-state index contributed by atoms with van der Waals surface area (Å²) in [5.41, 5.74) is 2.70. The van der Waals surface area contributed by atoms with Crippen LogP contribution in [0.4, 0.5) is 0 Å². The number of nitrogens with zero attached hydrogens (tertiary/aromatic N) is 2. The largest absolute Gasteiger partial charge is 0.396 e. The molecule has 1 unspecified atom stereocenters. The van der Waals surface area contributed by atoms with Crippen LogP contribution >= 0.6 is 0 Å². The van der Waals surface area contributed by atoms with E-state index >= 15 is 0 Å². The van der Waals surface area contributed by atoms with E-state index in [-0.39, 0.29) is 25.0 Å². The summed E-state index contributed by atoms with van der Waals surface area (Å²) in [6.07, 6.45) is 0.779. The Kier molecular flexibility index (Phi) is 5.11. The lowest BCUT2D eigenvalue weighted by atomic mass is 10.0. The summed E-state index contributed by atoms with van der Waals surface area (Å²) in [6, 6.07) is 11.5. The van der Waals surface area contributed by atoms with Crippen LogP contribution in [0.3, 0.4) is 0 Å². The number of amides is 1. The topological polar surface area (TPSA) is 69.2 Å². The average molecular weight is 287 g/mol. The molecule has 1 heterocycles. The Hall–Kier alpha value is -2.14. The van der Waals surface area contributed by atoms with E-state index in [9.17, 15) is 9.90 Å². The fourth-order valence-electron chi connectivity index (χ4n) is 2.40. The van der Waals surface area contributed by atoms with Crippen LogP contribution in [-0.2, 0) is 11.2 Å². The van der Waals surface area contributed by atoms with Crippen LogP contribution in [0.25, 0.3) is 0 Å². The van der Waals surface area contributed by atoms with E-state index in [4.69, 9.17) is 0 Å². The maximum Gasteiger partial charge on any atom is 0.228 e. The molecule has 0 saturated heterocycles. The lowest BCUT2D eigenvalue weighted by Gasteiger charge is -2.28. The van der Waals surface area contributed by atoms with Gasteiger partial charge in [0.1, 0.15) is 0 Å². The second-order valence-corrected chi connectivity index (χ2v) is 5.16. The fraction of sp³-hybridized carbons (Fsp3) is 0.375. The third-order valence-electron chi connectivity index (χ3n) is 3.54. The van der Waals surface area contributed by atoms with Crippen molar-refractivity contribution in [3.63, 3.8) is 0 Å². The Morgan fingerprint density at radius 1 is 1.38 bits per heavy atom. The SMILES string of the molecule is Cc1cc(CC(=O)N(C)C(CCO)c2ccccc2)n[nH]1. The van der Waals surface area contributed by atoms with Crippen LogP contribution < -0.4 is 0 Å². The number of aromatic nitrogens is 2. The molecule has 1 aromatic carbocycles. The highest BCUT2D eigenvalue weighted by molar-refractivity contribution is 5.78. The van der Waals surface area contributed by atoms with Crippen molar-refractivity contribution in [3.05, 3.63) is 53.3 Å². The number of hydrogen-bond donors (Lipinski definition) is 2. The van der Waals surface area contributed by atoms with Crippen LogP contribution in [0.5, 0.6) is 0 Å². The van der Waals surface area contributed by atoms with Gasteiger partial charge in [-0.3, -0.25) is 9.89 Å². The first-order valence-corrected chi connectivity index (χ1v) is 7.04. The van der Waals surface area contributed by atoms with Gasteiger partial charge in [0.25, 0.3) is 0 Å². The number of likely N-dealkylation sites (N-methyl/N-ethyl adjacent to an activating group) is 1. The van der Waals surface area contributed by atoms with Crippen molar-refractivity contribution in [1.29, 1.82) is 0 Å². The van der Waals surface area contributed by atoms with Gasteiger partial charge >= 0.3 is 0 Å². The van der Waals surface area contributed by atoms with E-state index in [0.29, 0.717) is 6.42 Å². The molecule has 1 amide bonds. The van der Waals surface area contributed by atoms with Crippen molar-refractivity contribution >= 4 is 5.91 Å². The zero-order valence-corrected chi connectivity index (χ0v) is 12.4. The molecule has 2 N–H and O–H groups in total. The predicted octanol–water partition coefficient (Wildman–Crippen LogP) is 1.84. The molecule has 2 aromatic rings. The summed E-state index contributed by atoms with van der Waals surface area (Å²) in [6.45, 7) is 1.95. The first-order valence-electron chi connectivity index (χ1n) is 7.04. The molecule has 1 aromatic heterocycles. The van der Waals surface area contributed by atoms with Crippen molar-refractivity contribution in [2.24, 2.45) is 0 Å². The Morgan fingerprint density at radius 3 is 2.67 bits per heavy atom. The molecule has 0 radical (unpaired) electrons. The Balaban J connectivity index is 2.10. The number of carbonyl (C=O) groups excluding carboxylic acids is 1. The molecule has 0 aliphatic rings. The number of rotatable bonds is 6. The van der Waals surface area contributed by atoms with E-state index in [0.717, 1.165) is 17.0 Å². The van der Waals surface area contributed by atoms with E-state index in [1.807, 2.05) is 43.3 Å². The molecule has 2 rings (SSSR count). The standard InChI is InChI=1S/C16H21N3O2/c1-12-10-14(18-17-12)11-16(21)19(2)15(8-9-20)13-6-4-3-5-7-13/h3-7,10,15,20H,8-9,11H2,1-2H3,(H,17,18). The second-order valence-electron chi connectivity index (χ2n) is 5.16. The second kappa shape index (κ2) is 7.04. The first kappa shape index (κ1) is 15.3. The first-order chi connectivity index (χ1) is 10.1. The van der Waals surface area contributed by atoms with E-state index in [1.54, 1.807) is 11.9 Å².